The Balaban J connectivity index is 2.89. The summed E-state index contributed by atoms with van der Waals surface area (Å²) in [5.74, 6) is -1.82. The highest BCUT2D eigenvalue weighted by atomic mass is 35.5. The van der Waals surface area contributed by atoms with Crippen LogP contribution in [0.1, 0.15) is 0 Å². The Hall–Kier alpha value is -0.830. The molecule has 4 heteroatoms. The van der Waals surface area contributed by atoms with Crippen LogP contribution in [0.25, 0.3) is 0 Å². The molecule has 0 fully saturated rings. The fraction of sp³-hybridized carbons (Fsp3) is 0.286. The van der Waals surface area contributed by atoms with E-state index in [0.717, 1.165) is 6.08 Å². The van der Waals surface area contributed by atoms with Crippen LogP contribution in [0.3, 0.4) is 0 Å². The van der Waals surface area contributed by atoms with Gasteiger partial charge in [0.1, 0.15) is 5.92 Å². The predicted octanol–water partition coefficient (Wildman–Crippen LogP) is 1.12. The summed E-state index contributed by atoms with van der Waals surface area (Å²) in [7, 11) is 0. The molecule has 0 aliphatic heterocycles. The van der Waals surface area contributed by atoms with Crippen LogP contribution in [0.5, 0.6) is 0 Å². The first-order valence-electron chi connectivity index (χ1n) is 3.07. The maximum absolute atomic E-state index is 13.1. The quantitative estimate of drug-likeness (QED) is 0.597. The molecule has 0 saturated heterocycles. The summed E-state index contributed by atoms with van der Waals surface area (Å²) in [6.45, 7) is 0. The number of alkyl halides is 2. The minimum Gasteiger partial charge on any atom is -0.369 e. The second kappa shape index (κ2) is 2.66. The Morgan fingerprint density at radius 2 is 2.27 bits per heavy atom. The summed E-state index contributed by atoms with van der Waals surface area (Å²) in [6, 6.07) is 0. The van der Waals surface area contributed by atoms with Gasteiger partial charge in [-0.1, -0.05) is 29.8 Å². The molecule has 60 valence electrons. The van der Waals surface area contributed by atoms with E-state index < -0.39 is 17.0 Å². The third-order valence-electron chi connectivity index (χ3n) is 1.45. The molecule has 2 nitrogen and oxygen atoms in total. The van der Waals surface area contributed by atoms with Gasteiger partial charge in [0.15, 0.2) is 0 Å². The average Bonchev–Trinajstić information content (AvgIpc) is 1.85. The molecule has 11 heavy (non-hydrogen) atoms. The van der Waals surface area contributed by atoms with Crippen LogP contribution in [-0.4, -0.2) is 11.0 Å². The van der Waals surface area contributed by atoms with Crippen LogP contribution in [0.15, 0.2) is 24.3 Å². The van der Waals surface area contributed by atoms with Crippen LogP contribution in [0.4, 0.5) is 4.39 Å². The SMILES string of the molecule is NC(=O)C1C=CC=CC1(F)Cl. The van der Waals surface area contributed by atoms with Gasteiger partial charge < -0.3 is 5.73 Å². The first-order chi connectivity index (χ1) is 5.04. The monoisotopic (exact) mass is 175 g/mol. The second-order valence-corrected chi connectivity index (χ2v) is 2.88. The molecular formula is C7H7ClFNO. The molecule has 1 aliphatic rings. The van der Waals surface area contributed by atoms with Gasteiger partial charge in [-0.05, 0) is 6.08 Å². The lowest BCUT2D eigenvalue weighted by Crippen LogP contribution is -2.36. The minimum atomic E-state index is -2.15. The van der Waals surface area contributed by atoms with Crippen molar-refractivity contribution in [3.63, 3.8) is 0 Å². The van der Waals surface area contributed by atoms with Crippen molar-refractivity contribution in [1.29, 1.82) is 0 Å². The van der Waals surface area contributed by atoms with E-state index >= 15 is 0 Å². The summed E-state index contributed by atoms with van der Waals surface area (Å²) < 4.78 is 13.1. The normalized spacial score (nSPS) is 35.6. The third kappa shape index (κ3) is 1.60. The number of primary amides is 1. The van der Waals surface area contributed by atoms with Crippen LogP contribution in [0, 0.1) is 5.92 Å². The largest absolute Gasteiger partial charge is 0.369 e. The average molecular weight is 176 g/mol. The zero-order valence-corrected chi connectivity index (χ0v) is 6.38. The molecule has 0 aromatic carbocycles. The van der Waals surface area contributed by atoms with Crippen molar-refractivity contribution >= 4 is 17.5 Å². The number of carbonyl (C=O) groups excluding carboxylic acids is 1. The number of nitrogens with two attached hydrogens (primary N) is 1. The molecule has 2 atom stereocenters. The zero-order valence-electron chi connectivity index (χ0n) is 5.63. The molecule has 2 N–H and O–H groups in total. The van der Waals surface area contributed by atoms with Gasteiger partial charge in [-0.2, -0.15) is 0 Å². The van der Waals surface area contributed by atoms with Gasteiger partial charge in [-0.15, -0.1) is 0 Å². The van der Waals surface area contributed by atoms with Gasteiger partial charge in [0, 0.05) is 0 Å². The number of halogens is 2. The summed E-state index contributed by atoms with van der Waals surface area (Å²) in [5, 5.41) is -2.15. The molecule has 0 aromatic rings. The van der Waals surface area contributed by atoms with Crippen LogP contribution < -0.4 is 5.73 Å². The Morgan fingerprint density at radius 3 is 2.64 bits per heavy atom. The van der Waals surface area contributed by atoms with Gasteiger partial charge >= 0.3 is 0 Å². The highest BCUT2D eigenvalue weighted by molar-refractivity contribution is 6.26. The van der Waals surface area contributed by atoms with Gasteiger partial charge in [0.2, 0.25) is 11.0 Å². The van der Waals surface area contributed by atoms with E-state index in [1.807, 2.05) is 0 Å². The number of carbonyl (C=O) groups is 1. The van der Waals surface area contributed by atoms with Gasteiger partial charge in [0.05, 0.1) is 0 Å². The van der Waals surface area contributed by atoms with Crippen molar-refractivity contribution < 1.29 is 9.18 Å². The standard InChI is InChI=1S/C7H7ClFNO/c8-7(9)4-2-1-3-5(7)6(10)11/h1-5H,(H2,10,11). The Bertz CT molecular complexity index is 235. The Labute approximate surface area is 68.5 Å². The van der Waals surface area contributed by atoms with Crippen molar-refractivity contribution in [3.05, 3.63) is 24.3 Å². The van der Waals surface area contributed by atoms with Crippen LogP contribution >= 0.6 is 11.6 Å². The van der Waals surface area contributed by atoms with Crippen molar-refractivity contribution in [1.82, 2.24) is 0 Å². The van der Waals surface area contributed by atoms with E-state index in [1.54, 1.807) is 0 Å². The number of rotatable bonds is 1. The van der Waals surface area contributed by atoms with Crippen molar-refractivity contribution in [2.45, 2.75) is 5.13 Å². The van der Waals surface area contributed by atoms with Crippen molar-refractivity contribution in [2.24, 2.45) is 11.7 Å². The molecular weight excluding hydrogens is 169 g/mol. The fourth-order valence-electron chi connectivity index (χ4n) is 0.876. The fourth-order valence-corrected chi connectivity index (χ4v) is 1.13. The molecule has 1 aliphatic carbocycles. The lowest BCUT2D eigenvalue weighted by molar-refractivity contribution is -0.122. The van der Waals surface area contributed by atoms with E-state index in [9.17, 15) is 9.18 Å². The first-order valence-corrected chi connectivity index (χ1v) is 3.45. The van der Waals surface area contributed by atoms with Gasteiger partial charge in [-0.3, -0.25) is 4.79 Å². The van der Waals surface area contributed by atoms with Crippen molar-refractivity contribution in [2.75, 3.05) is 0 Å². The molecule has 1 amide bonds. The third-order valence-corrected chi connectivity index (χ3v) is 1.82. The highest BCUT2D eigenvalue weighted by Gasteiger charge is 2.37. The summed E-state index contributed by atoms with van der Waals surface area (Å²) in [5.41, 5.74) is 4.89. The molecule has 1 rings (SSSR count). The van der Waals surface area contributed by atoms with E-state index in [4.69, 9.17) is 17.3 Å². The smallest absolute Gasteiger partial charge is 0.229 e. The van der Waals surface area contributed by atoms with E-state index in [1.165, 1.54) is 18.2 Å². The van der Waals surface area contributed by atoms with Crippen LogP contribution in [-0.2, 0) is 4.79 Å². The van der Waals surface area contributed by atoms with Crippen molar-refractivity contribution in [3.8, 4) is 0 Å². The van der Waals surface area contributed by atoms with Gasteiger partial charge in [0.25, 0.3) is 0 Å². The molecule has 2 unspecified atom stereocenters. The zero-order chi connectivity index (χ0) is 8.48. The highest BCUT2D eigenvalue weighted by Crippen LogP contribution is 2.32. The van der Waals surface area contributed by atoms with Crippen LogP contribution in [0.2, 0.25) is 0 Å². The molecule has 0 aromatic heterocycles. The molecule has 0 radical (unpaired) electrons. The van der Waals surface area contributed by atoms with E-state index in [2.05, 4.69) is 0 Å². The molecule has 0 bridgehead atoms. The Morgan fingerprint density at radius 1 is 1.64 bits per heavy atom. The van der Waals surface area contributed by atoms with E-state index in [0.29, 0.717) is 0 Å². The molecule has 0 spiro atoms. The summed E-state index contributed by atoms with van der Waals surface area (Å²) in [4.78, 5) is 10.6. The van der Waals surface area contributed by atoms with Gasteiger partial charge in [-0.25, -0.2) is 4.39 Å². The number of amides is 1. The molecule has 0 saturated carbocycles. The minimum absolute atomic E-state index is 0.761. The number of hydrogen-bond donors (Lipinski definition) is 1. The lowest BCUT2D eigenvalue weighted by Gasteiger charge is -2.21. The first kappa shape index (κ1) is 8.27. The Kier molecular flexibility index (Phi) is 2.00. The number of allylic oxidation sites excluding steroid dienone is 3. The second-order valence-electron chi connectivity index (χ2n) is 2.30. The maximum atomic E-state index is 13.1. The lowest BCUT2D eigenvalue weighted by atomic mass is 9.98. The summed E-state index contributed by atoms with van der Waals surface area (Å²) in [6.07, 6.45) is 5.42. The topological polar surface area (TPSA) is 43.1 Å². The maximum Gasteiger partial charge on any atom is 0.229 e. The number of hydrogen-bond acceptors (Lipinski definition) is 1. The predicted molar refractivity (Wildman–Crippen MR) is 40.7 cm³/mol. The molecule has 0 heterocycles. The van der Waals surface area contributed by atoms with E-state index in [-0.39, 0.29) is 0 Å². The summed E-state index contributed by atoms with van der Waals surface area (Å²) >= 11 is 5.33.